The van der Waals surface area contributed by atoms with Crippen LogP contribution in [0.1, 0.15) is 30.1 Å². The van der Waals surface area contributed by atoms with E-state index in [1.54, 1.807) is 25.3 Å². The number of rotatable bonds is 4. The van der Waals surface area contributed by atoms with E-state index in [9.17, 15) is 4.79 Å². The number of methoxy groups -OCH3 is 2. The third-order valence-electron chi connectivity index (χ3n) is 4.00. The highest BCUT2D eigenvalue weighted by Gasteiger charge is 2.33. The van der Waals surface area contributed by atoms with Crippen LogP contribution in [0.4, 0.5) is 0 Å². The van der Waals surface area contributed by atoms with Gasteiger partial charge in [0.15, 0.2) is 11.5 Å². The van der Waals surface area contributed by atoms with Gasteiger partial charge in [0.1, 0.15) is 11.2 Å². The number of carbonyl (C=O) groups is 1. The predicted molar refractivity (Wildman–Crippen MR) is 80.1 cm³/mol. The minimum Gasteiger partial charge on any atom is -0.493 e. The second-order valence-electron chi connectivity index (χ2n) is 5.68. The van der Waals surface area contributed by atoms with Crippen molar-refractivity contribution < 1.29 is 19.0 Å². The molecule has 1 aliphatic rings. The Hall–Kier alpha value is -1.75. The fourth-order valence-corrected chi connectivity index (χ4v) is 2.49. The van der Waals surface area contributed by atoms with E-state index in [1.165, 1.54) is 7.11 Å². The van der Waals surface area contributed by atoms with Crippen molar-refractivity contribution in [2.75, 3.05) is 34.4 Å². The number of nitrogens with zero attached hydrogens (tertiary/aromatic N) is 1. The van der Waals surface area contributed by atoms with Crippen LogP contribution in [0.3, 0.4) is 0 Å². The molecule has 0 amide bonds. The molecule has 5 nitrogen and oxygen atoms in total. The topological polar surface area (TPSA) is 48.0 Å². The number of hydrogen-bond acceptors (Lipinski definition) is 5. The fraction of sp³-hybridized carbons (Fsp3) is 0.562. The molecule has 0 aromatic heterocycles. The number of para-hydroxylation sites is 1. The lowest BCUT2D eigenvalue weighted by molar-refractivity contribution is 0.0201. The lowest BCUT2D eigenvalue weighted by Gasteiger charge is -2.38. The average Bonchev–Trinajstić information content (AvgIpc) is 2.50. The van der Waals surface area contributed by atoms with Crippen molar-refractivity contribution in [3.05, 3.63) is 23.8 Å². The Morgan fingerprint density at radius 1 is 1.24 bits per heavy atom. The van der Waals surface area contributed by atoms with E-state index in [1.807, 2.05) is 0 Å². The van der Waals surface area contributed by atoms with Crippen LogP contribution in [0.5, 0.6) is 11.5 Å². The van der Waals surface area contributed by atoms with Crippen molar-refractivity contribution in [2.45, 2.75) is 25.4 Å². The first-order chi connectivity index (χ1) is 9.99. The monoisotopic (exact) mass is 293 g/mol. The van der Waals surface area contributed by atoms with Crippen LogP contribution in [0.15, 0.2) is 18.2 Å². The lowest BCUT2D eigenvalue weighted by Crippen LogP contribution is -2.44. The number of ether oxygens (including phenoxy) is 3. The highest BCUT2D eigenvalue weighted by atomic mass is 16.5. The molecule has 1 saturated heterocycles. The van der Waals surface area contributed by atoms with Gasteiger partial charge in [-0.1, -0.05) is 6.07 Å². The summed E-state index contributed by atoms with van der Waals surface area (Å²) < 4.78 is 16.4. The van der Waals surface area contributed by atoms with Gasteiger partial charge in [0.25, 0.3) is 0 Å². The minimum absolute atomic E-state index is 0.302. The number of piperidine rings is 1. The molecule has 0 atom stereocenters. The Labute approximate surface area is 125 Å². The molecule has 0 unspecified atom stereocenters. The molecule has 2 rings (SSSR count). The first-order valence-corrected chi connectivity index (χ1v) is 7.12. The summed E-state index contributed by atoms with van der Waals surface area (Å²) >= 11 is 0. The highest BCUT2D eigenvalue weighted by Crippen LogP contribution is 2.37. The van der Waals surface area contributed by atoms with Crippen LogP contribution in [-0.2, 0) is 4.74 Å². The summed E-state index contributed by atoms with van der Waals surface area (Å²) in [6.07, 6.45) is 1.81. The maximum Gasteiger partial charge on any atom is 0.341 e. The Morgan fingerprint density at radius 2 is 1.90 bits per heavy atom. The fourth-order valence-electron chi connectivity index (χ4n) is 2.49. The minimum atomic E-state index is -0.416. The SMILES string of the molecule is COC(=O)c1cccc(OC)c1OC1(C)CCN(C)CC1. The van der Waals surface area contributed by atoms with Crippen molar-refractivity contribution in [1.29, 1.82) is 0 Å². The molecule has 5 heteroatoms. The van der Waals surface area contributed by atoms with Crippen LogP contribution in [0.2, 0.25) is 0 Å². The van der Waals surface area contributed by atoms with Gasteiger partial charge in [0.05, 0.1) is 14.2 Å². The molecule has 1 fully saturated rings. The molecule has 21 heavy (non-hydrogen) atoms. The van der Waals surface area contributed by atoms with E-state index < -0.39 is 5.97 Å². The third kappa shape index (κ3) is 3.47. The molecule has 1 aromatic carbocycles. The van der Waals surface area contributed by atoms with Crippen molar-refractivity contribution in [3.63, 3.8) is 0 Å². The van der Waals surface area contributed by atoms with Crippen LogP contribution >= 0.6 is 0 Å². The van der Waals surface area contributed by atoms with Gasteiger partial charge in [-0.15, -0.1) is 0 Å². The zero-order chi connectivity index (χ0) is 15.5. The first kappa shape index (κ1) is 15.6. The molecule has 0 radical (unpaired) electrons. The average molecular weight is 293 g/mol. The van der Waals surface area contributed by atoms with Crippen molar-refractivity contribution in [1.82, 2.24) is 4.90 Å². The zero-order valence-electron chi connectivity index (χ0n) is 13.1. The third-order valence-corrected chi connectivity index (χ3v) is 4.00. The second kappa shape index (κ2) is 6.35. The van der Waals surface area contributed by atoms with Gasteiger partial charge in [-0.2, -0.15) is 0 Å². The molecule has 0 spiro atoms. The van der Waals surface area contributed by atoms with Crippen LogP contribution in [-0.4, -0.2) is 50.8 Å². The maximum absolute atomic E-state index is 11.9. The standard InChI is InChI=1S/C16H23NO4/c1-16(8-10-17(2)11-9-16)21-14-12(15(18)20-4)6-5-7-13(14)19-3/h5-7H,8-11H2,1-4H3. The predicted octanol–water partition coefficient (Wildman–Crippen LogP) is 2.34. The van der Waals surface area contributed by atoms with Gasteiger partial charge < -0.3 is 19.1 Å². The van der Waals surface area contributed by atoms with Gasteiger partial charge in [-0.05, 0) is 38.9 Å². The van der Waals surface area contributed by atoms with E-state index in [-0.39, 0.29) is 5.60 Å². The van der Waals surface area contributed by atoms with E-state index in [0.717, 1.165) is 25.9 Å². The smallest absolute Gasteiger partial charge is 0.341 e. The zero-order valence-corrected chi connectivity index (χ0v) is 13.1. The molecular weight excluding hydrogens is 270 g/mol. The first-order valence-electron chi connectivity index (χ1n) is 7.12. The van der Waals surface area contributed by atoms with Crippen molar-refractivity contribution >= 4 is 5.97 Å². The molecule has 1 aliphatic heterocycles. The van der Waals surface area contributed by atoms with E-state index >= 15 is 0 Å². The maximum atomic E-state index is 11.9. The van der Waals surface area contributed by atoms with Crippen LogP contribution < -0.4 is 9.47 Å². The largest absolute Gasteiger partial charge is 0.493 e. The summed E-state index contributed by atoms with van der Waals surface area (Å²) in [6.45, 7) is 4.02. The van der Waals surface area contributed by atoms with E-state index in [2.05, 4.69) is 18.9 Å². The Kier molecular flexibility index (Phi) is 4.73. The Morgan fingerprint density at radius 3 is 2.48 bits per heavy atom. The Bertz CT molecular complexity index is 507. The van der Waals surface area contributed by atoms with Crippen LogP contribution in [0.25, 0.3) is 0 Å². The Balaban J connectivity index is 2.31. The summed E-state index contributed by atoms with van der Waals surface area (Å²) in [5, 5.41) is 0. The summed E-state index contributed by atoms with van der Waals surface area (Å²) in [5.74, 6) is 0.609. The quantitative estimate of drug-likeness (QED) is 0.798. The molecule has 116 valence electrons. The van der Waals surface area contributed by atoms with Gasteiger partial charge in [-0.3, -0.25) is 0 Å². The van der Waals surface area contributed by atoms with E-state index in [4.69, 9.17) is 14.2 Å². The highest BCUT2D eigenvalue weighted by molar-refractivity contribution is 5.93. The number of hydrogen-bond donors (Lipinski definition) is 0. The van der Waals surface area contributed by atoms with Crippen molar-refractivity contribution in [2.24, 2.45) is 0 Å². The summed E-state index contributed by atoms with van der Waals surface area (Å²) in [4.78, 5) is 14.2. The molecule has 1 aromatic rings. The summed E-state index contributed by atoms with van der Waals surface area (Å²) in [6, 6.07) is 5.25. The number of carbonyl (C=O) groups excluding carboxylic acids is 1. The number of benzene rings is 1. The second-order valence-corrected chi connectivity index (χ2v) is 5.68. The normalized spacial score (nSPS) is 18.1. The number of likely N-dealkylation sites (tertiary alicyclic amines) is 1. The van der Waals surface area contributed by atoms with Gasteiger partial charge in [0.2, 0.25) is 0 Å². The van der Waals surface area contributed by atoms with E-state index in [0.29, 0.717) is 17.1 Å². The number of esters is 1. The van der Waals surface area contributed by atoms with Gasteiger partial charge in [-0.25, -0.2) is 4.79 Å². The van der Waals surface area contributed by atoms with Crippen molar-refractivity contribution in [3.8, 4) is 11.5 Å². The molecule has 0 N–H and O–H groups in total. The van der Waals surface area contributed by atoms with Crippen LogP contribution in [0, 0.1) is 0 Å². The van der Waals surface area contributed by atoms with Gasteiger partial charge in [0, 0.05) is 13.1 Å². The molecule has 1 heterocycles. The molecule has 0 bridgehead atoms. The lowest BCUT2D eigenvalue weighted by atomic mass is 9.93. The molecular formula is C16H23NO4. The summed E-state index contributed by atoms with van der Waals surface area (Å²) in [7, 11) is 5.03. The summed E-state index contributed by atoms with van der Waals surface area (Å²) in [5.41, 5.74) is 0.0983. The molecule has 0 saturated carbocycles. The molecule has 0 aliphatic carbocycles. The van der Waals surface area contributed by atoms with Gasteiger partial charge >= 0.3 is 5.97 Å².